The molecule has 0 aromatic carbocycles. The van der Waals surface area contributed by atoms with Crippen LogP contribution in [0.1, 0.15) is 81.0 Å². The lowest BCUT2D eigenvalue weighted by Crippen LogP contribution is -2.30. The molecule has 1 aliphatic heterocycles. The minimum absolute atomic E-state index is 0.182. The highest BCUT2D eigenvalue weighted by Gasteiger charge is 2.19. The Hall–Kier alpha value is -1.20. The van der Waals surface area contributed by atoms with Crippen molar-refractivity contribution in [1.29, 1.82) is 0 Å². The van der Waals surface area contributed by atoms with Gasteiger partial charge < -0.3 is 0 Å². The van der Waals surface area contributed by atoms with Crippen molar-refractivity contribution < 1.29 is 0 Å². The number of likely N-dealkylation sites (tertiary alicyclic amines) is 1. The number of aryl methyl sites for hydroxylation is 2. The lowest BCUT2D eigenvalue weighted by molar-refractivity contribution is 0.313. The first-order valence-corrected chi connectivity index (χ1v) is 11.6. The fourth-order valence-electron chi connectivity index (χ4n) is 4.09. The predicted molar refractivity (Wildman–Crippen MR) is 116 cm³/mol. The third-order valence-corrected chi connectivity index (χ3v) is 7.02. The number of unbranched alkanes of at least 4 members (excludes halogenated alkanes) is 6. The number of hydrogen-bond acceptors (Lipinski definition) is 4. The largest absolute Gasteiger partial charge is 0.296 e. The second-order valence-corrected chi connectivity index (χ2v) is 9.26. The van der Waals surface area contributed by atoms with Gasteiger partial charge in [0.1, 0.15) is 10.7 Å². The zero-order valence-corrected chi connectivity index (χ0v) is 18.2. The summed E-state index contributed by atoms with van der Waals surface area (Å²) in [6.45, 7) is 10.3. The normalized spacial score (nSPS) is 15.2. The molecule has 0 N–H and O–H groups in total. The smallest absolute Gasteiger partial charge is 0.262 e. The Labute approximate surface area is 167 Å². The lowest BCUT2D eigenvalue weighted by atomic mass is 10.1. The summed E-state index contributed by atoms with van der Waals surface area (Å²) < 4.78 is 1.99. The summed E-state index contributed by atoms with van der Waals surface area (Å²) in [5.41, 5.74) is 1.30. The second kappa shape index (κ2) is 9.83. The second-order valence-electron chi connectivity index (χ2n) is 8.05. The average molecular weight is 390 g/mol. The monoisotopic (exact) mass is 389 g/mol. The highest BCUT2D eigenvalue weighted by molar-refractivity contribution is 7.18. The first-order chi connectivity index (χ1) is 13.1. The fourth-order valence-corrected chi connectivity index (χ4v) is 5.13. The molecule has 2 aromatic rings. The van der Waals surface area contributed by atoms with Crippen LogP contribution in [0.2, 0.25) is 0 Å². The maximum Gasteiger partial charge on any atom is 0.262 e. The average Bonchev–Trinajstić information content (AvgIpc) is 3.25. The van der Waals surface area contributed by atoms with Crippen LogP contribution >= 0.6 is 11.3 Å². The summed E-state index contributed by atoms with van der Waals surface area (Å²) in [4.78, 5) is 22.8. The van der Waals surface area contributed by atoms with Crippen LogP contribution in [0.15, 0.2) is 4.79 Å². The molecular formula is C22H35N3OS. The van der Waals surface area contributed by atoms with Gasteiger partial charge in [0, 0.05) is 11.4 Å². The Morgan fingerprint density at radius 2 is 1.67 bits per heavy atom. The molecule has 0 bridgehead atoms. The number of fused-ring (bicyclic) bond motifs is 1. The van der Waals surface area contributed by atoms with Gasteiger partial charge in [0.25, 0.3) is 5.56 Å². The maximum atomic E-state index is 13.3. The van der Waals surface area contributed by atoms with Crippen molar-refractivity contribution in [2.75, 3.05) is 13.1 Å². The van der Waals surface area contributed by atoms with Crippen LogP contribution in [-0.2, 0) is 13.1 Å². The van der Waals surface area contributed by atoms with Crippen LogP contribution in [0.5, 0.6) is 0 Å². The Kier molecular flexibility index (Phi) is 7.48. The summed E-state index contributed by atoms with van der Waals surface area (Å²) in [6, 6.07) is 0. The van der Waals surface area contributed by atoms with Crippen molar-refractivity contribution in [3.05, 3.63) is 26.6 Å². The van der Waals surface area contributed by atoms with Gasteiger partial charge in [-0.1, -0.05) is 45.4 Å². The first-order valence-electron chi connectivity index (χ1n) is 10.8. The van der Waals surface area contributed by atoms with Gasteiger partial charge in [-0.3, -0.25) is 14.3 Å². The molecule has 1 saturated heterocycles. The molecular weight excluding hydrogens is 354 g/mol. The van der Waals surface area contributed by atoms with E-state index < -0.39 is 0 Å². The van der Waals surface area contributed by atoms with Gasteiger partial charge in [0.2, 0.25) is 0 Å². The molecule has 0 atom stereocenters. The topological polar surface area (TPSA) is 38.1 Å². The molecule has 1 aliphatic rings. The molecule has 5 heteroatoms. The molecule has 2 aromatic heterocycles. The van der Waals surface area contributed by atoms with E-state index in [2.05, 4.69) is 25.7 Å². The minimum atomic E-state index is 0.182. The fraction of sp³-hybridized carbons (Fsp3) is 0.727. The Balaban J connectivity index is 1.76. The molecule has 0 saturated carbocycles. The van der Waals surface area contributed by atoms with Crippen LogP contribution in [0.25, 0.3) is 10.2 Å². The molecule has 150 valence electrons. The van der Waals surface area contributed by atoms with Gasteiger partial charge in [-0.2, -0.15) is 0 Å². The Morgan fingerprint density at radius 3 is 2.37 bits per heavy atom. The molecule has 0 radical (unpaired) electrons. The van der Waals surface area contributed by atoms with Crippen molar-refractivity contribution in [3.63, 3.8) is 0 Å². The van der Waals surface area contributed by atoms with Crippen LogP contribution in [0.4, 0.5) is 0 Å². The molecule has 4 nitrogen and oxygen atoms in total. The zero-order valence-electron chi connectivity index (χ0n) is 17.4. The summed E-state index contributed by atoms with van der Waals surface area (Å²) in [5, 5.41) is 0.852. The standard InChI is InChI=1S/C22H35N3OS/c1-4-5-6-7-8-9-10-15-25-19(16-24-13-11-12-14-24)23-21-20(22(25)26)17(2)18(3)27-21/h4-16H2,1-3H3. The van der Waals surface area contributed by atoms with Crippen molar-refractivity contribution in [2.45, 2.75) is 91.6 Å². The van der Waals surface area contributed by atoms with Crippen LogP contribution in [0.3, 0.4) is 0 Å². The Bertz CT molecular complexity index is 802. The van der Waals surface area contributed by atoms with Gasteiger partial charge in [-0.05, 0) is 51.8 Å². The van der Waals surface area contributed by atoms with E-state index in [9.17, 15) is 4.79 Å². The zero-order chi connectivity index (χ0) is 19.2. The summed E-state index contributed by atoms with van der Waals surface area (Å²) in [7, 11) is 0. The van der Waals surface area contributed by atoms with E-state index in [0.717, 1.165) is 54.2 Å². The molecule has 0 unspecified atom stereocenters. The van der Waals surface area contributed by atoms with Gasteiger partial charge in [0.15, 0.2) is 0 Å². The molecule has 1 fully saturated rings. The quantitative estimate of drug-likeness (QED) is 0.509. The summed E-state index contributed by atoms with van der Waals surface area (Å²) in [5.74, 6) is 0.974. The third kappa shape index (κ3) is 5.00. The van der Waals surface area contributed by atoms with Gasteiger partial charge in [0.05, 0.1) is 11.9 Å². The summed E-state index contributed by atoms with van der Waals surface area (Å²) in [6.07, 6.45) is 11.4. The maximum absolute atomic E-state index is 13.3. The molecule has 0 spiro atoms. The number of thiophene rings is 1. The molecule has 0 amide bonds. The number of nitrogens with zero attached hydrogens (tertiary/aromatic N) is 3. The van der Waals surface area contributed by atoms with E-state index in [-0.39, 0.29) is 5.56 Å². The van der Waals surface area contributed by atoms with Crippen LogP contribution in [0, 0.1) is 13.8 Å². The highest BCUT2D eigenvalue weighted by Crippen LogP contribution is 2.27. The van der Waals surface area contributed by atoms with Crippen LogP contribution < -0.4 is 5.56 Å². The first kappa shape index (κ1) is 20.5. The van der Waals surface area contributed by atoms with Crippen molar-refractivity contribution >= 4 is 21.6 Å². The number of rotatable bonds is 10. The van der Waals surface area contributed by atoms with E-state index >= 15 is 0 Å². The lowest BCUT2D eigenvalue weighted by Gasteiger charge is -2.18. The van der Waals surface area contributed by atoms with E-state index in [1.165, 1.54) is 56.2 Å². The van der Waals surface area contributed by atoms with Crippen LogP contribution in [-0.4, -0.2) is 27.5 Å². The van der Waals surface area contributed by atoms with Crippen molar-refractivity contribution in [2.24, 2.45) is 0 Å². The molecule has 3 rings (SSSR count). The molecule has 3 heterocycles. The molecule has 0 aliphatic carbocycles. The van der Waals surface area contributed by atoms with Gasteiger partial charge in [-0.25, -0.2) is 4.98 Å². The number of aromatic nitrogens is 2. The predicted octanol–water partition coefficient (Wildman–Crippen LogP) is 5.42. The highest BCUT2D eigenvalue weighted by atomic mass is 32.1. The van der Waals surface area contributed by atoms with E-state index in [1.807, 2.05) is 4.57 Å². The van der Waals surface area contributed by atoms with E-state index in [0.29, 0.717) is 0 Å². The SMILES string of the molecule is CCCCCCCCCn1c(CN2CCCC2)nc2sc(C)c(C)c2c1=O. The Morgan fingerprint density at radius 1 is 1.00 bits per heavy atom. The third-order valence-electron chi connectivity index (χ3n) is 5.92. The van der Waals surface area contributed by atoms with E-state index in [1.54, 1.807) is 11.3 Å². The van der Waals surface area contributed by atoms with Gasteiger partial charge in [-0.15, -0.1) is 11.3 Å². The van der Waals surface area contributed by atoms with E-state index in [4.69, 9.17) is 4.98 Å². The summed E-state index contributed by atoms with van der Waals surface area (Å²) >= 11 is 1.67. The van der Waals surface area contributed by atoms with Crippen molar-refractivity contribution in [3.8, 4) is 0 Å². The molecule has 27 heavy (non-hydrogen) atoms. The van der Waals surface area contributed by atoms with Crippen molar-refractivity contribution in [1.82, 2.24) is 14.5 Å². The van der Waals surface area contributed by atoms with Gasteiger partial charge >= 0.3 is 0 Å². The number of hydrogen-bond donors (Lipinski definition) is 0. The minimum Gasteiger partial charge on any atom is -0.296 e.